The predicted octanol–water partition coefficient (Wildman–Crippen LogP) is 11.8. The van der Waals surface area contributed by atoms with E-state index in [4.69, 9.17) is 2.74 Å². The maximum atomic E-state index is 9.89. The standard InChI is InChI=1S/C42H28/c1-3-12-29(13-4-1)33-18-11-19-36(27-33)42-38-21-10-9-20-37(38)41(31-15-5-2-6-16-31)39-25-24-35(28-40(39)42)34-23-22-30-14-7-8-17-32(30)26-34/h1-28H/i9D,10D,20D,21D,24D,25D,28D. The minimum absolute atomic E-state index is 0.0258. The van der Waals surface area contributed by atoms with E-state index < -0.39 is 0 Å². The van der Waals surface area contributed by atoms with Crippen molar-refractivity contribution in [2.45, 2.75) is 0 Å². The lowest BCUT2D eigenvalue weighted by molar-refractivity contribution is 1.61. The Labute approximate surface area is 256 Å². The lowest BCUT2D eigenvalue weighted by atomic mass is 9.84. The monoisotopic (exact) mass is 539 g/mol. The number of benzene rings is 8. The van der Waals surface area contributed by atoms with Crippen LogP contribution in [-0.2, 0) is 0 Å². The fraction of sp³-hybridized carbons (Fsp3) is 0. The molecule has 0 saturated heterocycles. The van der Waals surface area contributed by atoms with Gasteiger partial charge in [0.25, 0.3) is 0 Å². The first-order valence-corrected chi connectivity index (χ1v) is 14.0. The van der Waals surface area contributed by atoms with Crippen molar-refractivity contribution in [2.75, 3.05) is 0 Å². The van der Waals surface area contributed by atoms with Gasteiger partial charge in [-0.25, -0.2) is 0 Å². The van der Waals surface area contributed by atoms with E-state index in [0.29, 0.717) is 44.2 Å². The first-order chi connectivity index (χ1) is 23.8. The van der Waals surface area contributed by atoms with Crippen molar-refractivity contribution in [3.05, 3.63) is 170 Å². The van der Waals surface area contributed by atoms with Gasteiger partial charge in [0.05, 0.1) is 9.60 Å². The maximum absolute atomic E-state index is 9.89. The molecule has 0 amide bonds. The van der Waals surface area contributed by atoms with E-state index in [-0.39, 0.29) is 53.1 Å². The topological polar surface area (TPSA) is 0 Å². The molecule has 0 heterocycles. The molecule has 0 saturated carbocycles. The number of fused-ring (bicyclic) bond motifs is 3. The van der Waals surface area contributed by atoms with Crippen LogP contribution >= 0.6 is 0 Å². The number of hydrogen-bond acceptors (Lipinski definition) is 0. The van der Waals surface area contributed by atoms with Crippen LogP contribution in [-0.4, -0.2) is 0 Å². The van der Waals surface area contributed by atoms with Gasteiger partial charge >= 0.3 is 0 Å². The van der Waals surface area contributed by atoms with E-state index in [1.807, 2.05) is 127 Å². The summed E-state index contributed by atoms with van der Waals surface area (Å²) in [6, 6.07) is 39.1. The number of rotatable bonds is 4. The van der Waals surface area contributed by atoms with Crippen molar-refractivity contribution in [3.8, 4) is 44.5 Å². The van der Waals surface area contributed by atoms with Crippen molar-refractivity contribution in [1.82, 2.24) is 0 Å². The van der Waals surface area contributed by atoms with E-state index in [0.717, 1.165) is 21.9 Å². The summed E-state index contributed by atoms with van der Waals surface area (Å²) in [6.45, 7) is 0. The van der Waals surface area contributed by atoms with E-state index in [1.54, 1.807) is 0 Å². The summed E-state index contributed by atoms with van der Waals surface area (Å²) >= 11 is 0. The summed E-state index contributed by atoms with van der Waals surface area (Å²) < 4.78 is 64.8. The van der Waals surface area contributed by atoms with E-state index in [2.05, 4.69) is 0 Å². The molecule has 42 heavy (non-hydrogen) atoms. The zero-order valence-electron chi connectivity index (χ0n) is 29.6. The van der Waals surface area contributed by atoms with Gasteiger partial charge in [0.15, 0.2) is 0 Å². The average Bonchev–Trinajstić information content (AvgIpc) is 3.15. The molecule has 0 N–H and O–H groups in total. The lowest BCUT2D eigenvalue weighted by Gasteiger charge is -2.19. The molecule has 0 radical (unpaired) electrons. The quantitative estimate of drug-likeness (QED) is 0.195. The van der Waals surface area contributed by atoms with Gasteiger partial charge in [-0.15, -0.1) is 0 Å². The van der Waals surface area contributed by atoms with Crippen molar-refractivity contribution in [1.29, 1.82) is 0 Å². The fourth-order valence-corrected chi connectivity index (χ4v) is 5.87. The molecule has 0 aliphatic carbocycles. The van der Waals surface area contributed by atoms with Crippen LogP contribution in [0.3, 0.4) is 0 Å². The van der Waals surface area contributed by atoms with Gasteiger partial charge in [-0.1, -0.05) is 152 Å². The molecule has 0 fully saturated rings. The van der Waals surface area contributed by atoms with E-state index in [9.17, 15) is 6.85 Å². The summed E-state index contributed by atoms with van der Waals surface area (Å²) in [5.74, 6) is 0. The molecule has 0 aliphatic rings. The molecule has 0 aliphatic heterocycles. The molecule has 0 bridgehead atoms. The summed E-state index contributed by atoms with van der Waals surface area (Å²) in [7, 11) is 0. The van der Waals surface area contributed by atoms with Crippen LogP contribution in [0, 0.1) is 0 Å². The van der Waals surface area contributed by atoms with Crippen LogP contribution in [0.25, 0.3) is 76.8 Å². The Balaban J connectivity index is 1.63. The average molecular weight is 540 g/mol. The van der Waals surface area contributed by atoms with Crippen LogP contribution in [0.5, 0.6) is 0 Å². The highest BCUT2D eigenvalue weighted by Gasteiger charge is 2.18. The summed E-state index contributed by atoms with van der Waals surface area (Å²) in [5.41, 5.74) is 4.93. The Kier molecular flexibility index (Phi) is 4.38. The first-order valence-electron chi connectivity index (χ1n) is 17.5. The van der Waals surface area contributed by atoms with Crippen LogP contribution in [0.2, 0.25) is 0 Å². The van der Waals surface area contributed by atoms with Gasteiger partial charge in [0, 0.05) is 0 Å². The van der Waals surface area contributed by atoms with E-state index >= 15 is 0 Å². The van der Waals surface area contributed by atoms with Crippen molar-refractivity contribution >= 4 is 32.3 Å². The Morgan fingerprint density at radius 3 is 1.67 bits per heavy atom. The highest BCUT2D eigenvalue weighted by atomic mass is 14.2. The Hall–Kier alpha value is -5.46. The van der Waals surface area contributed by atoms with Crippen LogP contribution in [0.1, 0.15) is 9.60 Å². The van der Waals surface area contributed by atoms with Crippen LogP contribution < -0.4 is 0 Å². The molecular formula is C42H28. The van der Waals surface area contributed by atoms with Gasteiger partial charge in [-0.3, -0.25) is 0 Å². The summed E-state index contributed by atoms with van der Waals surface area (Å²) in [4.78, 5) is 0. The highest BCUT2D eigenvalue weighted by molar-refractivity contribution is 6.22. The largest absolute Gasteiger partial charge is 0.0636 e. The molecule has 8 rings (SSSR count). The Bertz CT molecular complexity index is 2610. The second-order valence-corrected chi connectivity index (χ2v) is 10.4. The minimum atomic E-state index is -0.380. The van der Waals surface area contributed by atoms with Gasteiger partial charge in [0.2, 0.25) is 0 Å². The zero-order valence-corrected chi connectivity index (χ0v) is 22.6. The third-order valence-corrected chi connectivity index (χ3v) is 7.86. The van der Waals surface area contributed by atoms with Crippen LogP contribution in [0.15, 0.2) is 170 Å². The van der Waals surface area contributed by atoms with Gasteiger partial charge in [0.1, 0.15) is 0 Å². The molecular weight excluding hydrogens is 504 g/mol. The Morgan fingerprint density at radius 1 is 0.333 bits per heavy atom. The molecule has 196 valence electrons. The van der Waals surface area contributed by atoms with Gasteiger partial charge in [-0.05, 0) is 95.0 Å². The number of hydrogen-bond donors (Lipinski definition) is 0. The third-order valence-electron chi connectivity index (χ3n) is 7.86. The third kappa shape index (κ3) is 4.17. The zero-order chi connectivity index (χ0) is 34.0. The molecule has 0 unspecified atom stereocenters. The van der Waals surface area contributed by atoms with Crippen molar-refractivity contribution in [2.24, 2.45) is 0 Å². The summed E-state index contributed by atoms with van der Waals surface area (Å²) in [5, 5.41) is 3.17. The van der Waals surface area contributed by atoms with Crippen molar-refractivity contribution < 1.29 is 9.60 Å². The molecule has 0 aromatic heterocycles. The Morgan fingerprint density at radius 2 is 0.905 bits per heavy atom. The highest BCUT2D eigenvalue weighted by Crippen LogP contribution is 2.45. The second kappa shape index (κ2) is 10.2. The normalized spacial score (nSPS) is 13.7. The van der Waals surface area contributed by atoms with Gasteiger partial charge < -0.3 is 0 Å². The molecule has 0 heteroatoms. The second-order valence-electron chi connectivity index (χ2n) is 10.4. The lowest BCUT2D eigenvalue weighted by Crippen LogP contribution is -1.92. The fourth-order valence-electron chi connectivity index (χ4n) is 5.87. The molecule has 8 aromatic carbocycles. The minimum Gasteiger partial charge on any atom is -0.0622 e. The molecule has 8 aromatic rings. The molecule has 0 spiro atoms. The van der Waals surface area contributed by atoms with E-state index in [1.165, 1.54) is 0 Å². The first kappa shape index (κ1) is 18.1. The van der Waals surface area contributed by atoms with Gasteiger partial charge in [-0.2, -0.15) is 0 Å². The molecule has 0 atom stereocenters. The predicted molar refractivity (Wildman–Crippen MR) is 181 cm³/mol. The smallest absolute Gasteiger partial charge is 0.0622 e. The van der Waals surface area contributed by atoms with Crippen LogP contribution in [0.4, 0.5) is 0 Å². The molecule has 0 nitrogen and oxygen atoms in total. The maximum Gasteiger partial charge on any atom is 0.0636 e. The summed E-state index contributed by atoms with van der Waals surface area (Å²) in [6.07, 6.45) is 0. The SMILES string of the molecule is [2H]c1c([2H])c([2H])c2c(-c3cccc(-c4ccccc4)c3)c3c([2H])c(-c4ccc5ccccc5c4)c([2H])c([2H])c3c(-c3ccccc3)c2c1[2H]. The van der Waals surface area contributed by atoms with Crippen molar-refractivity contribution in [3.63, 3.8) is 0 Å².